The number of carboxylic acids is 1. The number of carbonyl (C=O) groups is 1. The minimum Gasteiger partial charge on any atom is -0.481 e. The van der Waals surface area contributed by atoms with Crippen LogP contribution in [0.15, 0.2) is 24.3 Å². The van der Waals surface area contributed by atoms with Gasteiger partial charge in [-0.25, -0.2) is 0 Å². The molecule has 3 heteroatoms. The normalized spacial score (nSPS) is 12.4. The summed E-state index contributed by atoms with van der Waals surface area (Å²) in [6.07, 6.45) is 3.67. The Hall–Kier alpha value is -1.35. The third-order valence-corrected chi connectivity index (χ3v) is 3.00. The van der Waals surface area contributed by atoms with E-state index in [0.717, 1.165) is 30.4 Å². The first kappa shape index (κ1) is 13.7. The summed E-state index contributed by atoms with van der Waals surface area (Å²) in [7, 11) is 0. The van der Waals surface area contributed by atoms with Gasteiger partial charge in [0.2, 0.25) is 0 Å². The Labute approximate surface area is 102 Å². The largest absolute Gasteiger partial charge is 0.481 e. The predicted molar refractivity (Wildman–Crippen MR) is 66.9 cm³/mol. The number of unbranched alkanes of at least 4 members (excludes halogenated alkanes) is 2. The van der Waals surface area contributed by atoms with Crippen LogP contribution in [-0.2, 0) is 11.4 Å². The van der Waals surface area contributed by atoms with Gasteiger partial charge in [0.1, 0.15) is 0 Å². The van der Waals surface area contributed by atoms with Gasteiger partial charge >= 0.3 is 5.97 Å². The highest BCUT2D eigenvalue weighted by molar-refractivity contribution is 5.76. The third kappa shape index (κ3) is 3.86. The zero-order valence-electron chi connectivity index (χ0n) is 10.2. The van der Waals surface area contributed by atoms with Crippen LogP contribution in [0.4, 0.5) is 0 Å². The van der Waals surface area contributed by atoms with Crippen molar-refractivity contribution in [3.63, 3.8) is 0 Å². The number of hydrogen-bond donors (Lipinski definition) is 2. The van der Waals surface area contributed by atoms with Gasteiger partial charge in [0.05, 0.1) is 12.5 Å². The molecule has 1 atom stereocenters. The molecular weight excluding hydrogens is 216 g/mol. The highest BCUT2D eigenvalue weighted by Gasteiger charge is 2.21. The van der Waals surface area contributed by atoms with Crippen molar-refractivity contribution in [3.8, 4) is 0 Å². The lowest BCUT2D eigenvalue weighted by Gasteiger charge is -2.15. The molecule has 1 rings (SSSR count). The van der Waals surface area contributed by atoms with E-state index in [-0.39, 0.29) is 6.61 Å². The maximum atomic E-state index is 11.3. The first-order chi connectivity index (χ1) is 8.20. The molecule has 2 N–H and O–H groups in total. The third-order valence-electron chi connectivity index (χ3n) is 3.00. The molecule has 0 bridgehead atoms. The number of benzene rings is 1. The van der Waals surface area contributed by atoms with E-state index >= 15 is 0 Å². The van der Waals surface area contributed by atoms with E-state index < -0.39 is 11.9 Å². The second-order valence-corrected chi connectivity index (χ2v) is 4.24. The number of hydrogen-bond acceptors (Lipinski definition) is 2. The lowest BCUT2D eigenvalue weighted by molar-refractivity contribution is -0.139. The summed E-state index contributed by atoms with van der Waals surface area (Å²) < 4.78 is 0. The molecule has 0 aliphatic carbocycles. The molecule has 94 valence electrons. The molecule has 0 radical (unpaired) electrons. The second kappa shape index (κ2) is 7.07. The summed E-state index contributed by atoms with van der Waals surface area (Å²) in [5.41, 5.74) is 1.47. The van der Waals surface area contributed by atoms with Crippen LogP contribution >= 0.6 is 0 Å². The average molecular weight is 236 g/mol. The highest BCUT2D eigenvalue weighted by Crippen LogP contribution is 2.26. The molecule has 0 aromatic heterocycles. The molecule has 1 aromatic rings. The average Bonchev–Trinajstić information content (AvgIpc) is 2.34. The maximum Gasteiger partial charge on any atom is 0.310 e. The van der Waals surface area contributed by atoms with Gasteiger partial charge in [-0.15, -0.1) is 0 Å². The van der Waals surface area contributed by atoms with Gasteiger partial charge in [-0.05, 0) is 17.5 Å². The Morgan fingerprint density at radius 3 is 2.59 bits per heavy atom. The number of aliphatic hydroxyl groups is 1. The van der Waals surface area contributed by atoms with Crippen LogP contribution in [0, 0.1) is 0 Å². The van der Waals surface area contributed by atoms with Crippen molar-refractivity contribution in [1.29, 1.82) is 0 Å². The quantitative estimate of drug-likeness (QED) is 0.716. The standard InChI is InChI=1S/C14H20O3/c1-2-3-4-9-13(14(16)17)12-8-6-5-7-11(12)10-15/h5-8,13,15H,2-4,9-10H2,1H3,(H,16,17). The molecule has 0 saturated carbocycles. The van der Waals surface area contributed by atoms with Crippen molar-refractivity contribution in [3.05, 3.63) is 35.4 Å². The predicted octanol–water partition coefficient (Wildman–Crippen LogP) is 2.93. The lowest BCUT2D eigenvalue weighted by Crippen LogP contribution is -2.13. The zero-order valence-corrected chi connectivity index (χ0v) is 10.2. The first-order valence-corrected chi connectivity index (χ1v) is 6.12. The topological polar surface area (TPSA) is 57.5 Å². The van der Waals surface area contributed by atoms with Crippen LogP contribution in [0.1, 0.15) is 49.7 Å². The summed E-state index contributed by atoms with van der Waals surface area (Å²) in [5, 5.41) is 18.5. The van der Waals surface area contributed by atoms with Gasteiger partial charge in [-0.3, -0.25) is 4.79 Å². The van der Waals surface area contributed by atoms with Crippen molar-refractivity contribution in [2.75, 3.05) is 0 Å². The number of aliphatic hydroxyl groups excluding tert-OH is 1. The van der Waals surface area contributed by atoms with Gasteiger partial charge in [0, 0.05) is 0 Å². The fourth-order valence-corrected chi connectivity index (χ4v) is 2.03. The van der Waals surface area contributed by atoms with Crippen LogP contribution in [0.5, 0.6) is 0 Å². The molecule has 1 aromatic carbocycles. The summed E-state index contributed by atoms with van der Waals surface area (Å²) in [5.74, 6) is -1.30. The van der Waals surface area contributed by atoms with Crippen molar-refractivity contribution < 1.29 is 15.0 Å². The van der Waals surface area contributed by atoms with Gasteiger partial charge in [-0.2, -0.15) is 0 Å². The van der Waals surface area contributed by atoms with Crippen LogP contribution in [0.3, 0.4) is 0 Å². The van der Waals surface area contributed by atoms with E-state index in [1.807, 2.05) is 12.1 Å². The minimum atomic E-state index is -0.804. The molecule has 0 amide bonds. The fourth-order valence-electron chi connectivity index (χ4n) is 2.03. The minimum absolute atomic E-state index is 0.103. The highest BCUT2D eigenvalue weighted by atomic mass is 16.4. The molecule has 0 fully saturated rings. The summed E-state index contributed by atoms with van der Waals surface area (Å²) in [6.45, 7) is 1.99. The monoisotopic (exact) mass is 236 g/mol. The molecule has 0 spiro atoms. The van der Waals surface area contributed by atoms with E-state index in [4.69, 9.17) is 0 Å². The van der Waals surface area contributed by atoms with Crippen LogP contribution < -0.4 is 0 Å². The van der Waals surface area contributed by atoms with Crippen molar-refractivity contribution in [2.45, 2.75) is 45.1 Å². The molecular formula is C14H20O3. The van der Waals surface area contributed by atoms with Crippen molar-refractivity contribution in [1.82, 2.24) is 0 Å². The van der Waals surface area contributed by atoms with Gasteiger partial charge in [0.15, 0.2) is 0 Å². The SMILES string of the molecule is CCCCCC(C(=O)O)c1ccccc1CO. The number of carboxylic acid groups (broad SMARTS) is 1. The van der Waals surface area contributed by atoms with E-state index in [0.29, 0.717) is 6.42 Å². The van der Waals surface area contributed by atoms with Crippen LogP contribution in [0.25, 0.3) is 0 Å². The Bertz CT molecular complexity index is 360. The Balaban J connectivity index is 2.85. The number of rotatable bonds is 7. The molecule has 17 heavy (non-hydrogen) atoms. The lowest BCUT2D eigenvalue weighted by atomic mass is 9.90. The summed E-state index contributed by atoms with van der Waals surface area (Å²) >= 11 is 0. The molecule has 1 unspecified atom stereocenters. The van der Waals surface area contributed by atoms with Crippen LogP contribution in [-0.4, -0.2) is 16.2 Å². The molecule has 0 saturated heterocycles. The van der Waals surface area contributed by atoms with Crippen LogP contribution in [0.2, 0.25) is 0 Å². The van der Waals surface area contributed by atoms with E-state index in [1.165, 1.54) is 0 Å². The second-order valence-electron chi connectivity index (χ2n) is 4.24. The molecule has 0 heterocycles. The van der Waals surface area contributed by atoms with Crippen molar-refractivity contribution in [2.24, 2.45) is 0 Å². The molecule has 3 nitrogen and oxygen atoms in total. The fraction of sp³-hybridized carbons (Fsp3) is 0.500. The zero-order chi connectivity index (χ0) is 12.7. The summed E-state index contributed by atoms with van der Waals surface area (Å²) in [4.78, 5) is 11.3. The van der Waals surface area contributed by atoms with E-state index in [2.05, 4.69) is 6.92 Å². The van der Waals surface area contributed by atoms with Gasteiger partial charge < -0.3 is 10.2 Å². The van der Waals surface area contributed by atoms with E-state index in [9.17, 15) is 15.0 Å². The molecule has 0 aliphatic rings. The van der Waals surface area contributed by atoms with Gasteiger partial charge in [-0.1, -0.05) is 50.5 Å². The summed E-state index contributed by atoms with van der Waals surface area (Å²) in [6, 6.07) is 7.23. The maximum absolute atomic E-state index is 11.3. The van der Waals surface area contributed by atoms with Crippen molar-refractivity contribution >= 4 is 5.97 Å². The Kier molecular flexibility index (Phi) is 5.70. The Morgan fingerprint density at radius 1 is 1.29 bits per heavy atom. The van der Waals surface area contributed by atoms with Gasteiger partial charge in [0.25, 0.3) is 0 Å². The molecule has 0 aliphatic heterocycles. The van der Waals surface area contributed by atoms with E-state index in [1.54, 1.807) is 12.1 Å². The smallest absolute Gasteiger partial charge is 0.310 e. The first-order valence-electron chi connectivity index (χ1n) is 6.12. The number of aliphatic carboxylic acids is 1. The Morgan fingerprint density at radius 2 is 2.00 bits per heavy atom.